The van der Waals surface area contributed by atoms with Gasteiger partial charge in [0.05, 0.1) is 0 Å². The molecule has 1 aliphatic heterocycles. The van der Waals surface area contributed by atoms with Crippen molar-refractivity contribution < 1.29 is 0 Å². The first kappa shape index (κ1) is 6.98. The van der Waals surface area contributed by atoms with Crippen molar-refractivity contribution in [3.63, 3.8) is 0 Å². The lowest BCUT2D eigenvalue weighted by atomic mass is 10.3. The molecule has 0 fully saturated rings. The van der Waals surface area contributed by atoms with Gasteiger partial charge in [-0.1, -0.05) is 5.22 Å². The van der Waals surface area contributed by atoms with Crippen molar-refractivity contribution in [2.45, 2.75) is 10.5 Å². The second-order valence-electron chi connectivity index (χ2n) is 2.10. The minimum Gasteiger partial charge on any atom is -0.258 e. The molecule has 0 aromatic rings. The largest absolute Gasteiger partial charge is 0.258 e. The molecule has 1 heterocycles. The molecule has 4 heteroatoms. The summed E-state index contributed by atoms with van der Waals surface area (Å²) in [6.07, 6.45) is 3.90. The lowest BCUT2D eigenvalue weighted by Gasteiger charge is -2.17. The summed E-state index contributed by atoms with van der Waals surface area (Å²) in [5, 5.41) is 9.52. The molecule has 0 aromatic carbocycles. The van der Waals surface area contributed by atoms with E-state index in [1.165, 1.54) is 0 Å². The average molecular weight is 237 g/mol. The van der Waals surface area contributed by atoms with Crippen LogP contribution in [0.5, 0.6) is 0 Å². The van der Waals surface area contributed by atoms with Crippen LogP contribution in [-0.2, 0) is 0 Å². The molecule has 0 aliphatic carbocycles. The molecule has 0 bridgehead atoms. The van der Waals surface area contributed by atoms with Crippen molar-refractivity contribution in [3.8, 4) is 0 Å². The van der Waals surface area contributed by atoms with Crippen molar-refractivity contribution in [1.82, 2.24) is 5.01 Å². The zero-order valence-electron chi connectivity index (χ0n) is 5.37. The monoisotopic (exact) mass is 237 g/mol. The van der Waals surface area contributed by atoms with Gasteiger partial charge in [-0.25, -0.2) is 0 Å². The van der Waals surface area contributed by atoms with Gasteiger partial charge in [-0.3, -0.25) is 5.01 Å². The molecular weight excluding hydrogens is 229 g/mol. The maximum atomic E-state index is 3.99. The summed E-state index contributed by atoms with van der Waals surface area (Å²) in [6, 6.07) is 0. The number of nitrogens with zero attached hydrogens (tertiary/aromatic N) is 3. The predicted octanol–water partition coefficient (Wildman–Crippen LogP) is 1.96. The maximum Gasteiger partial charge on any atom is 0.151 e. The molecule has 1 unspecified atom stereocenters. The molecule has 0 spiro atoms. The van der Waals surface area contributed by atoms with E-state index < -0.39 is 0 Å². The number of hydrogen-bond acceptors (Lipinski definition) is 3. The first-order valence-electron chi connectivity index (χ1n) is 2.64. The smallest absolute Gasteiger partial charge is 0.151 e. The van der Waals surface area contributed by atoms with Gasteiger partial charge in [0.2, 0.25) is 0 Å². The topological polar surface area (TPSA) is 28.0 Å². The van der Waals surface area contributed by atoms with Crippen molar-refractivity contribution >= 4 is 22.6 Å². The summed E-state index contributed by atoms with van der Waals surface area (Å²) in [5.41, 5.74) is 0. The van der Waals surface area contributed by atoms with E-state index >= 15 is 0 Å². The first-order chi connectivity index (χ1) is 4.10. The van der Waals surface area contributed by atoms with Crippen molar-refractivity contribution in [2.75, 3.05) is 7.05 Å². The maximum absolute atomic E-state index is 3.99. The van der Waals surface area contributed by atoms with E-state index in [4.69, 9.17) is 0 Å². The Morgan fingerprint density at radius 3 is 2.67 bits per heavy atom. The van der Waals surface area contributed by atoms with Crippen LogP contribution in [0, 0.1) is 0 Å². The molecule has 1 atom stereocenters. The highest BCUT2D eigenvalue weighted by atomic mass is 127. The van der Waals surface area contributed by atoms with Crippen LogP contribution < -0.4 is 0 Å². The Balaban J connectivity index is 2.70. The molecule has 50 valence electrons. The molecule has 9 heavy (non-hydrogen) atoms. The summed E-state index contributed by atoms with van der Waals surface area (Å²) in [7, 11) is 1.85. The van der Waals surface area contributed by atoms with Gasteiger partial charge in [0.15, 0.2) is 3.55 Å². The van der Waals surface area contributed by atoms with Crippen molar-refractivity contribution in [1.29, 1.82) is 0 Å². The van der Waals surface area contributed by atoms with Crippen molar-refractivity contribution in [3.05, 3.63) is 12.3 Å². The Labute approximate surface area is 67.9 Å². The fraction of sp³-hybridized carbons (Fsp3) is 0.600. The minimum atomic E-state index is -0.135. The van der Waals surface area contributed by atoms with Crippen molar-refractivity contribution in [2.24, 2.45) is 10.3 Å². The van der Waals surface area contributed by atoms with Crippen LogP contribution in [0.4, 0.5) is 0 Å². The van der Waals surface area contributed by atoms with Crippen LogP contribution >= 0.6 is 22.6 Å². The van der Waals surface area contributed by atoms with Gasteiger partial charge in [-0.05, 0) is 35.6 Å². The van der Waals surface area contributed by atoms with Gasteiger partial charge in [0.25, 0.3) is 0 Å². The Kier molecular flexibility index (Phi) is 1.74. The molecular formula is C5H8IN3. The molecule has 0 N–H and O–H groups in total. The third kappa shape index (κ3) is 1.92. The summed E-state index contributed by atoms with van der Waals surface area (Å²) in [5.74, 6) is 0. The highest BCUT2D eigenvalue weighted by Crippen LogP contribution is 2.24. The SMILES string of the molecule is CN1C=CC(C)(I)N=N1. The van der Waals surface area contributed by atoms with Gasteiger partial charge >= 0.3 is 0 Å². The highest BCUT2D eigenvalue weighted by molar-refractivity contribution is 14.1. The van der Waals surface area contributed by atoms with Gasteiger partial charge in [-0.2, -0.15) is 0 Å². The van der Waals surface area contributed by atoms with Crippen LogP contribution in [0.25, 0.3) is 0 Å². The van der Waals surface area contributed by atoms with Gasteiger partial charge in [0.1, 0.15) is 0 Å². The lowest BCUT2D eigenvalue weighted by molar-refractivity contribution is 0.416. The fourth-order valence-electron chi connectivity index (χ4n) is 0.465. The Hall–Kier alpha value is -0.130. The van der Waals surface area contributed by atoms with E-state index in [1.54, 1.807) is 5.01 Å². The van der Waals surface area contributed by atoms with E-state index in [-0.39, 0.29) is 3.55 Å². The number of halogens is 1. The molecule has 0 radical (unpaired) electrons. The van der Waals surface area contributed by atoms with E-state index in [0.717, 1.165) is 0 Å². The second-order valence-corrected chi connectivity index (χ2v) is 4.29. The minimum absolute atomic E-state index is 0.135. The van der Waals surface area contributed by atoms with E-state index in [1.807, 2.05) is 26.2 Å². The third-order valence-electron chi connectivity index (χ3n) is 0.976. The second kappa shape index (κ2) is 2.24. The van der Waals surface area contributed by atoms with Crippen LogP contribution in [0.15, 0.2) is 22.6 Å². The van der Waals surface area contributed by atoms with Crippen LogP contribution in [0.3, 0.4) is 0 Å². The zero-order chi connectivity index (χ0) is 6.91. The van der Waals surface area contributed by atoms with E-state index in [0.29, 0.717) is 0 Å². The quantitative estimate of drug-likeness (QED) is 0.359. The van der Waals surface area contributed by atoms with Crippen LogP contribution in [0.1, 0.15) is 6.92 Å². The summed E-state index contributed by atoms with van der Waals surface area (Å²) in [4.78, 5) is 0. The standard InChI is InChI=1S/C5H8IN3/c1-5(6)3-4-9(2)8-7-5/h3-4H,1-2H3. The molecule has 1 aliphatic rings. The molecule has 3 nitrogen and oxygen atoms in total. The average Bonchev–Trinajstić information content (AvgIpc) is 1.78. The molecule has 0 saturated heterocycles. The molecule has 0 aromatic heterocycles. The number of rotatable bonds is 0. The molecule has 0 saturated carbocycles. The fourth-order valence-corrected chi connectivity index (χ4v) is 0.722. The van der Waals surface area contributed by atoms with Crippen LogP contribution in [0.2, 0.25) is 0 Å². The Bertz CT molecular complexity index is 146. The summed E-state index contributed by atoms with van der Waals surface area (Å²) < 4.78 is -0.135. The Morgan fingerprint density at radius 2 is 2.33 bits per heavy atom. The molecule has 1 rings (SSSR count). The highest BCUT2D eigenvalue weighted by Gasteiger charge is 2.17. The third-order valence-corrected chi connectivity index (χ3v) is 1.55. The lowest BCUT2D eigenvalue weighted by Crippen LogP contribution is -2.15. The zero-order valence-corrected chi connectivity index (χ0v) is 7.53. The molecule has 0 amide bonds. The van der Waals surface area contributed by atoms with Gasteiger partial charge in [-0.15, -0.1) is 5.11 Å². The Morgan fingerprint density at radius 1 is 1.67 bits per heavy atom. The number of alkyl halides is 1. The summed E-state index contributed by atoms with van der Waals surface area (Å²) >= 11 is 2.23. The predicted molar refractivity (Wildman–Crippen MR) is 44.2 cm³/mol. The van der Waals surface area contributed by atoms with E-state index in [2.05, 4.69) is 32.9 Å². The summed E-state index contributed by atoms with van der Waals surface area (Å²) in [6.45, 7) is 2.00. The van der Waals surface area contributed by atoms with E-state index in [9.17, 15) is 0 Å². The van der Waals surface area contributed by atoms with Gasteiger partial charge in [0, 0.05) is 13.2 Å². The van der Waals surface area contributed by atoms with Gasteiger partial charge < -0.3 is 0 Å². The number of hydrogen-bond donors (Lipinski definition) is 0. The first-order valence-corrected chi connectivity index (χ1v) is 3.72. The normalized spacial score (nSPS) is 33.4. The van der Waals surface area contributed by atoms with Crippen LogP contribution in [-0.4, -0.2) is 15.6 Å².